The summed E-state index contributed by atoms with van der Waals surface area (Å²) in [5.41, 5.74) is 0. The lowest BCUT2D eigenvalue weighted by Gasteiger charge is -2.31. The average molecular weight is 295 g/mol. The van der Waals surface area contributed by atoms with Crippen LogP contribution in [0.4, 0.5) is 8.78 Å². The summed E-state index contributed by atoms with van der Waals surface area (Å²) >= 11 is 0. The molecule has 3 N–H and O–H groups in total. The summed E-state index contributed by atoms with van der Waals surface area (Å²) in [6, 6.07) is 0. The smallest absolute Gasteiger partial charge is 0.282 e. The second-order valence-electron chi connectivity index (χ2n) is 5.62. The second-order valence-corrected chi connectivity index (χ2v) is 5.62. The van der Waals surface area contributed by atoms with Crippen molar-refractivity contribution in [1.29, 1.82) is 0 Å². The van der Waals surface area contributed by atoms with Crippen molar-refractivity contribution in [3.63, 3.8) is 0 Å². The molecule has 1 rings (SSSR count). The van der Waals surface area contributed by atoms with E-state index in [0.717, 1.165) is 25.7 Å². The lowest BCUT2D eigenvalue weighted by Crippen LogP contribution is -2.41. The molecular weight excluding hydrogens is 268 g/mol. The van der Waals surface area contributed by atoms with Crippen LogP contribution < -0.4 is 5.32 Å². The van der Waals surface area contributed by atoms with Gasteiger partial charge in [0, 0.05) is 6.54 Å². The minimum atomic E-state index is -3.14. The zero-order chi connectivity index (χ0) is 15.0. The van der Waals surface area contributed by atoms with Crippen molar-refractivity contribution in [1.82, 2.24) is 5.32 Å². The van der Waals surface area contributed by atoms with Crippen LogP contribution in [-0.4, -0.2) is 54.6 Å². The van der Waals surface area contributed by atoms with Crippen molar-refractivity contribution < 1.29 is 23.7 Å². The van der Waals surface area contributed by atoms with E-state index in [2.05, 4.69) is 12.2 Å². The molecule has 0 aromatic heterocycles. The molecule has 0 amide bonds. The van der Waals surface area contributed by atoms with Crippen LogP contribution in [0.15, 0.2) is 0 Å². The fourth-order valence-corrected chi connectivity index (χ4v) is 2.63. The molecule has 1 fully saturated rings. The number of halogens is 2. The molecule has 1 aliphatic carbocycles. The van der Waals surface area contributed by atoms with Crippen LogP contribution in [0, 0.1) is 5.92 Å². The highest BCUT2D eigenvalue weighted by molar-refractivity contribution is 4.76. The molecule has 0 spiro atoms. The second kappa shape index (κ2) is 8.87. The Morgan fingerprint density at radius 2 is 2.05 bits per heavy atom. The van der Waals surface area contributed by atoms with E-state index < -0.39 is 25.2 Å². The molecule has 4 nitrogen and oxygen atoms in total. The van der Waals surface area contributed by atoms with Crippen LogP contribution in [0.5, 0.6) is 0 Å². The number of nitrogens with one attached hydrogen (secondary N) is 1. The van der Waals surface area contributed by atoms with Gasteiger partial charge in [-0.15, -0.1) is 0 Å². The summed E-state index contributed by atoms with van der Waals surface area (Å²) in [7, 11) is 0. The number of hydrogen-bond acceptors (Lipinski definition) is 4. The van der Waals surface area contributed by atoms with Crippen LogP contribution >= 0.6 is 0 Å². The summed E-state index contributed by atoms with van der Waals surface area (Å²) in [5.74, 6) is -2.60. The predicted molar refractivity (Wildman–Crippen MR) is 72.9 cm³/mol. The van der Waals surface area contributed by atoms with Crippen molar-refractivity contribution in [2.75, 3.05) is 26.3 Å². The molecule has 1 saturated carbocycles. The Kier molecular flexibility index (Phi) is 7.87. The third kappa shape index (κ3) is 6.43. The maximum atomic E-state index is 12.8. The number of hydrogen-bond donors (Lipinski definition) is 3. The summed E-state index contributed by atoms with van der Waals surface area (Å²) < 4.78 is 31.2. The molecule has 0 saturated heterocycles. The monoisotopic (exact) mass is 295 g/mol. The van der Waals surface area contributed by atoms with Crippen molar-refractivity contribution in [3.05, 3.63) is 0 Å². The van der Waals surface area contributed by atoms with Crippen LogP contribution in [0.25, 0.3) is 0 Å². The number of rotatable bonds is 9. The zero-order valence-corrected chi connectivity index (χ0v) is 12.2. The standard InChI is InChI=1S/C14H27F2NO3/c1-2-11-5-3-4-6-13(11)20-8-12(19)7-17-9-14(15,16)10-18/h11-13,17-19H,2-10H2,1H3. The molecule has 120 valence electrons. The van der Waals surface area contributed by atoms with E-state index in [1.165, 1.54) is 6.42 Å². The molecule has 3 atom stereocenters. The Balaban J connectivity index is 2.17. The lowest BCUT2D eigenvalue weighted by molar-refractivity contribution is -0.0603. The van der Waals surface area contributed by atoms with Crippen molar-refractivity contribution in [3.8, 4) is 0 Å². The van der Waals surface area contributed by atoms with Crippen LogP contribution in [0.3, 0.4) is 0 Å². The fourth-order valence-electron chi connectivity index (χ4n) is 2.63. The van der Waals surface area contributed by atoms with Crippen molar-refractivity contribution >= 4 is 0 Å². The van der Waals surface area contributed by atoms with Gasteiger partial charge in [-0.1, -0.05) is 26.2 Å². The van der Waals surface area contributed by atoms with E-state index in [-0.39, 0.29) is 19.3 Å². The van der Waals surface area contributed by atoms with Gasteiger partial charge in [-0.05, 0) is 18.8 Å². The van der Waals surface area contributed by atoms with E-state index in [1.54, 1.807) is 0 Å². The van der Waals surface area contributed by atoms with Crippen LogP contribution in [0.2, 0.25) is 0 Å². The highest BCUT2D eigenvalue weighted by Gasteiger charge is 2.28. The minimum Gasteiger partial charge on any atom is -0.390 e. The summed E-state index contributed by atoms with van der Waals surface area (Å²) in [4.78, 5) is 0. The quantitative estimate of drug-likeness (QED) is 0.604. The minimum absolute atomic E-state index is 0.0408. The maximum Gasteiger partial charge on any atom is 0.282 e. The average Bonchev–Trinajstić information content (AvgIpc) is 2.45. The number of aliphatic hydroxyl groups is 2. The number of aliphatic hydroxyl groups excluding tert-OH is 2. The van der Waals surface area contributed by atoms with Crippen LogP contribution in [-0.2, 0) is 4.74 Å². The summed E-state index contributed by atoms with van der Waals surface area (Å²) in [6.45, 7) is 0.522. The van der Waals surface area contributed by atoms with Gasteiger partial charge in [0.1, 0.15) is 6.61 Å². The van der Waals surface area contributed by atoms with Gasteiger partial charge < -0.3 is 20.3 Å². The van der Waals surface area contributed by atoms with Gasteiger partial charge in [0.15, 0.2) is 0 Å². The molecule has 0 aromatic rings. The van der Waals surface area contributed by atoms with Crippen molar-refractivity contribution in [2.45, 2.75) is 57.2 Å². The van der Waals surface area contributed by atoms with E-state index in [1.807, 2.05) is 0 Å². The maximum absolute atomic E-state index is 12.8. The first-order chi connectivity index (χ1) is 9.48. The van der Waals surface area contributed by atoms with Gasteiger partial charge in [0.05, 0.1) is 25.4 Å². The van der Waals surface area contributed by atoms with E-state index in [9.17, 15) is 13.9 Å². The third-order valence-corrected chi connectivity index (χ3v) is 3.86. The third-order valence-electron chi connectivity index (χ3n) is 3.86. The molecule has 0 radical (unpaired) electrons. The molecule has 20 heavy (non-hydrogen) atoms. The fraction of sp³-hybridized carbons (Fsp3) is 1.00. The van der Waals surface area contributed by atoms with E-state index in [4.69, 9.17) is 9.84 Å². The lowest BCUT2D eigenvalue weighted by atomic mass is 9.85. The van der Waals surface area contributed by atoms with Gasteiger partial charge in [-0.25, -0.2) is 8.78 Å². The molecular formula is C14H27F2NO3. The van der Waals surface area contributed by atoms with Gasteiger partial charge in [-0.2, -0.15) is 0 Å². The zero-order valence-electron chi connectivity index (χ0n) is 12.2. The first-order valence-electron chi connectivity index (χ1n) is 7.47. The largest absolute Gasteiger partial charge is 0.390 e. The van der Waals surface area contributed by atoms with E-state index in [0.29, 0.717) is 5.92 Å². The normalized spacial score (nSPS) is 25.6. The van der Waals surface area contributed by atoms with Gasteiger partial charge >= 0.3 is 0 Å². The molecule has 0 heterocycles. The summed E-state index contributed by atoms with van der Waals surface area (Å²) in [5, 5.41) is 20.6. The molecule has 6 heteroatoms. The SMILES string of the molecule is CCC1CCCCC1OCC(O)CNCC(F)(F)CO. The first-order valence-corrected chi connectivity index (χ1v) is 7.47. The van der Waals surface area contributed by atoms with Crippen molar-refractivity contribution in [2.24, 2.45) is 5.92 Å². The first kappa shape index (κ1) is 17.8. The highest BCUT2D eigenvalue weighted by Crippen LogP contribution is 2.29. The van der Waals surface area contributed by atoms with Gasteiger partial charge in [0.25, 0.3) is 5.92 Å². The molecule has 0 aliphatic heterocycles. The van der Waals surface area contributed by atoms with Gasteiger partial charge in [-0.3, -0.25) is 0 Å². The Bertz CT molecular complexity index is 267. The molecule has 3 unspecified atom stereocenters. The van der Waals surface area contributed by atoms with Crippen LogP contribution in [0.1, 0.15) is 39.0 Å². The van der Waals surface area contributed by atoms with E-state index >= 15 is 0 Å². The Labute approximate surface area is 119 Å². The molecule has 0 bridgehead atoms. The number of ether oxygens (including phenoxy) is 1. The highest BCUT2D eigenvalue weighted by atomic mass is 19.3. The summed E-state index contributed by atoms with van der Waals surface area (Å²) in [6.07, 6.45) is 5.02. The van der Waals surface area contributed by atoms with Gasteiger partial charge in [0.2, 0.25) is 0 Å². The molecule has 0 aromatic carbocycles. The Hall–Kier alpha value is -0.300. The predicted octanol–water partition coefficient (Wildman–Crippen LogP) is 1.55. The Morgan fingerprint density at radius 1 is 1.35 bits per heavy atom. The topological polar surface area (TPSA) is 61.7 Å². The number of alkyl halides is 2. The Morgan fingerprint density at radius 3 is 2.70 bits per heavy atom. The molecule has 1 aliphatic rings.